The molecule has 1 aliphatic rings. The first-order valence-corrected chi connectivity index (χ1v) is 5.16. The van der Waals surface area contributed by atoms with Gasteiger partial charge >= 0.3 is 0 Å². The van der Waals surface area contributed by atoms with E-state index in [4.69, 9.17) is 49.7 Å². The molecule has 0 amide bonds. The number of thiocarbonyl (C=S) groups is 2. The molecule has 0 N–H and O–H groups in total. The molecule has 68 valence electrons. The SMILES string of the molecule is S=C([S-])N1CCN(C(=S)[S-])CC1. The number of nitrogens with zero attached hydrogens (tertiary/aromatic N) is 2. The van der Waals surface area contributed by atoms with Crippen LogP contribution in [0.3, 0.4) is 0 Å². The summed E-state index contributed by atoms with van der Waals surface area (Å²) in [5, 5.41) is 0. The van der Waals surface area contributed by atoms with E-state index < -0.39 is 0 Å². The lowest BCUT2D eigenvalue weighted by atomic mass is 10.4. The summed E-state index contributed by atoms with van der Waals surface area (Å²) in [6, 6.07) is 0. The summed E-state index contributed by atoms with van der Waals surface area (Å²) in [5.74, 6) is 0. The van der Waals surface area contributed by atoms with Gasteiger partial charge in [0.1, 0.15) is 0 Å². The van der Waals surface area contributed by atoms with Crippen molar-refractivity contribution in [3.63, 3.8) is 0 Å². The topological polar surface area (TPSA) is 6.48 Å². The minimum absolute atomic E-state index is 0.546. The minimum atomic E-state index is 0.546. The Morgan fingerprint density at radius 1 is 0.833 bits per heavy atom. The summed E-state index contributed by atoms with van der Waals surface area (Å²) in [5.41, 5.74) is 0. The van der Waals surface area contributed by atoms with E-state index in [1.165, 1.54) is 0 Å². The van der Waals surface area contributed by atoms with Gasteiger partial charge in [0.15, 0.2) is 0 Å². The highest BCUT2D eigenvalue weighted by Gasteiger charge is 2.12. The van der Waals surface area contributed by atoms with Gasteiger partial charge in [-0.2, -0.15) is 0 Å². The van der Waals surface area contributed by atoms with Gasteiger partial charge in [-0.15, -0.1) is 0 Å². The summed E-state index contributed by atoms with van der Waals surface area (Å²) in [6.07, 6.45) is 0. The van der Waals surface area contributed by atoms with Gasteiger partial charge in [-0.05, 0) is 0 Å². The van der Waals surface area contributed by atoms with Crippen LogP contribution >= 0.6 is 24.4 Å². The van der Waals surface area contributed by atoms with Crippen molar-refractivity contribution in [3.05, 3.63) is 0 Å². The predicted molar refractivity (Wildman–Crippen MR) is 63.1 cm³/mol. The van der Waals surface area contributed by atoms with Crippen molar-refractivity contribution in [2.75, 3.05) is 26.2 Å². The molecule has 12 heavy (non-hydrogen) atoms. The van der Waals surface area contributed by atoms with Crippen LogP contribution in [0.15, 0.2) is 0 Å². The molecule has 0 aliphatic carbocycles. The molecule has 6 heteroatoms. The molecule has 1 heterocycles. The lowest BCUT2D eigenvalue weighted by Gasteiger charge is -2.40. The molecule has 0 bridgehead atoms. The zero-order valence-electron chi connectivity index (χ0n) is 6.36. The van der Waals surface area contributed by atoms with Gasteiger partial charge < -0.3 is 59.5 Å². The van der Waals surface area contributed by atoms with Gasteiger partial charge in [-0.3, -0.25) is 0 Å². The van der Waals surface area contributed by atoms with Gasteiger partial charge in [-0.25, -0.2) is 0 Å². The lowest BCUT2D eigenvalue weighted by molar-refractivity contribution is 0.271. The maximum Gasteiger partial charge on any atom is 0.0338 e. The van der Waals surface area contributed by atoms with Gasteiger partial charge in [0, 0.05) is 26.2 Å². The second-order valence-electron chi connectivity index (χ2n) is 2.51. The van der Waals surface area contributed by atoms with Crippen LogP contribution in [0.2, 0.25) is 0 Å². The van der Waals surface area contributed by atoms with Crippen LogP contribution in [0, 0.1) is 0 Å². The summed E-state index contributed by atoms with van der Waals surface area (Å²) in [6.45, 7) is 3.39. The molecule has 0 spiro atoms. The molecule has 2 nitrogen and oxygen atoms in total. The van der Waals surface area contributed by atoms with Gasteiger partial charge in [0.05, 0.1) is 0 Å². The Morgan fingerprint density at radius 2 is 1.08 bits per heavy atom. The molecule has 1 saturated heterocycles. The Hall–Kier alpha value is 0.220. The van der Waals surface area contributed by atoms with E-state index in [1.807, 2.05) is 9.80 Å². The summed E-state index contributed by atoms with van der Waals surface area (Å²) >= 11 is 19.5. The van der Waals surface area contributed by atoms with Crippen molar-refractivity contribution in [1.82, 2.24) is 9.80 Å². The highest BCUT2D eigenvalue weighted by Crippen LogP contribution is 2.02. The fourth-order valence-electron chi connectivity index (χ4n) is 1.07. The van der Waals surface area contributed by atoms with Crippen molar-refractivity contribution in [1.29, 1.82) is 0 Å². The van der Waals surface area contributed by atoms with Crippen LogP contribution in [0.5, 0.6) is 0 Å². The Kier molecular flexibility index (Phi) is 3.82. The molecule has 1 rings (SSSR count). The van der Waals surface area contributed by atoms with Crippen LogP contribution < -0.4 is 0 Å². The second kappa shape index (κ2) is 4.45. The van der Waals surface area contributed by atoms with Gasteiger partial charge in [-0.1, -0.05) is 8.64 Å². The Bertz CT molecular complexity index is 176. The number of rotatable bonds is 0. The van der Waals surface area contributed by atoms with Crippen LogP contribution in [0.25, 0.3) is 0 Å². The van der Waals surface area contributed by atoms with Crippen LogP contribution in [0.1, 0.15) is 0 Å². The van der Waals surface area contributed by atoms with Crippen molar-refractivity contribution < 1.29 is 0 Å². The van der Waals surface area contributed by atoms with Crippen molar-refractivity contribution >= 4 is 58.3 Å². The number of piperazine rings is 1. The van der Waals surface area contributed by atoms with E-state index in [0.717, 1.165) is 26.2 Å². The van der Waals surface area contributed by atoms with Crippen molar-refractivity contribution in [2.45, 2.75) is 0 Å². The molecule has 0 saturated carbocycles. The highest BCUT2D eigenvalue weighted by atomic mass is 32.1. The molecule has 0 aromatic heterocycles. The zero-order chi connectivity index (χ0) is 9.14. The Balaban J connectivity index is 2.39. The van der Waals surface area contributed by atoms with E-state index >= 15 is 0 Å². The smallest absolute Gasteiger partial charge is 0.0338 e. The maximum atomic E-state index is 4.88. The van der Waals surface area contributed by atoms with E-state index in [2.05, 4.69) is 0 Å². The minimum Gasteiger partial charge on any atom is -0.411 e. The monoisotopic (exact) mass is 236 g/mol. The summed E-state index contributed by atoms with van der Waals surface area (Å²) in [4.78, 5) is 3.99. The standard InChI is InChI=1S/C6H10N2S4/c9-5(10)7-1-2-8(4-3-7)6(11)12/h1-4H2,(H,9,10)(H,11,12)/p-2. The molecule has 0 unspecified atom stereocenters. The van der Waals surface area contributed by atoms with Crippen molar-refractivity contribution in [3.8, 4) is 0 Å². The van der Waals surface area contributed by atoms with E-state index in [0.29, 0.717) is 8.64 Å². The van der Waals surface area contributed by atoms with Crippen LogP contribution in [-0.2, 0) is 25.3 Å². The molecule has 0 atom stereocenters. The molecule has 0 aromatic rings. The first-order chi connectivity index (χ1) is 5.61. The molecule has 0 radical (unpaired) electrons. The van der Waals surface area contributed by atoms with Gasteiger partial charge in [0.25, 0.3) is 0 Å². The molecular weight excluding hydrogens is 228 g/mol. The third-order valence-electron chi connectivity index (χ3n) is 1.80. The molecule has 0 aromatic carbocycles. The predicted octanol–water partition coefficient (Wildman–Crippen LogP) is 0.268. The zero-order valence-corrected chi connectivity index (χ0v) is 9.62. The Labute approximate surface area is 94.1 Å². The first kappa shape index (κ1) is 10.3. The second-order valence-corrected chi connectivity index (χ2v) is 4.57. The van der Waals surface area contributed by atoms with E-state index in [9.17, 15) is 0 Å². The highest BCUT2D eigenvalue weighted by molar-refractivity contribution is 8.00. The molecular formula is C6H8N2S4-2. The Morgan fingerprint density at radius 3 is 1.25 bits per heavy atom. The third-order valence-corrected chi connectivity index (χ3v) is 2.83. The number of hydrogen-bond acceptors (Lipinski definition) is 4. The quantitative estimate of drug-likeness (QED) is 0.437. The van der Waals surface area contributed by atoms with Gasteiger partial charge in [0.2, 0.25) is 0 Å². The fraction of sp³-hybridized carbons (Fsp3) is 0.667. The first-order valence-electron chi connectivity index (χ1n) is 3.53. The lowest BCUT2D eigenvalue weighted by Crippen LogP contribution is -2.48. The third kappa shape index (κ3) is 2.62. The largest absolute Gasteiger partial charge is 0.411 e. The molecule has 1 fully saturated rings. The van der Waals surface area contributed by atoms with Crippen LogP contribution in [-0.4, -0.2) is 44.6 Å². The summed E-state index contributed by atoms with van der Waals surface area (Å²) in [7, 11) is 0. The average Bonchev–Trinajstić information content (AvgIpc) is 2.04. The van der Waals surface area contributed by atoms with E-state index in [-0.39, 0.29) is 0 Å². The van der Waals surface area contributed by atoms with Crippen molar-refractivity contribution in [2.24, 2.45) is 0 Å². The summed E-state index contributed by atoms with van der Waals surface area (Å²) < 4.78 is 1.09. The van der Waals surface area contributed by atoms with Crippen LogP contribution in [0.4, 0.5) is 0 Å². The van der Waals surface area contributed by atoms with E-state index in [1.54, 1.807) is 0 Å². The maximum absolute atomic E-state index is 4.88. The molecule has 1 aliphatic heterocycles. The number of hydrogen-bond donors (Lipinski definition) is 0. The normalized spacial score (nSPS) is 17.7. The fourth-order valence-corrected chi connectivity index (χ4v) is 1.80. The average molecular weight is 236 g/mol.